The van der Waals surface area contributed by atoms with Gasteiger partial charge in [0.1, 0.15) is 11.5 Å². The molecule has 39 heavy (non-hydrogen) atoms. The van der Waals surface area contributed by atoms with Gasteiger partial charge in [0.05, 0.1) is 12.8 Å². The normalized spacial score (nSPS) is 17.9. The number of carbonyl (C=O) groups is 1. The van der Waals surface area contributed by atoms with Crippen molar-refractivity contribution in [1.82, 2.24) is 30.4 Å². The lowest BCUT2D eigenvalue weighted by Crippen LogP contribution is -2.50. The van der Waals surface area contributed by atoms with Gasteiger partial charge >= 0.3 is 6.18 Å². The summed E-state index contributed by atoms with van der Waals surface area (Å²) in [5.74, 6) is -1.90. The Hall–Kier alpha value is -3.23. The van der Waals surface area contributed by atoms with Crippen LogP contribution in [0.5, 0.6) is 5.75 Å². The van der Waals surface area contributed by atoms with Crippen molar-refractivity contribution in [3.63, 3.8) is 0 Å². The number of benzene rings is 2. The van der Waals surface area contributed by atoms with Crippen LogP contribution in [0.15, 0.2) is 48.5 Å². The summed E-state index contributed by atoms with van der Waals surface area (Å²) in [5, 5.41) is 13.2. The number of piperidine rings is 1. The number of methoxy groups -OCH3 is 1. The first-order valence-electron chi connectivity index (χ1n) is 11.7. The van der Waals surface area contributed by atoms with Crippen LogP contribution < -0.4 is 10.1 Å². The Labute approximate surface area is 229 Å². The summed E-state index contributed by atoms with van der Waals surface area (Å²) in [6, 6.07) is 14.0. The summed E-state index contributed by atoms with van der Waals surface area (Å²) < 4.78 is 69.4. The zero-order chi connectivity index (χ0) is 27.5. The number of likely N-dealkylation sites (tertiary alicyclic amines) is 1. The molecule has 4 rings (SSSR count). The summed E-state index contributed by atoms with van der Waals surface area (Å²) in [7, 11) is -2.00. The Bertz CT molecular complexity index is 1390. The molecule has 1 aromatic heterocycles. The lowest BCUT2D eigenvalue weighted by Gasteiger charge is -2.39. The molecule has 2 atom stereocenters. The first-order chi connectivity index (χ1) is 18.0. The summed E-state index contributed by atoms with van der Waals surface area (Å²) >= 11 is 0. The third-order valence-corrected chi connectivity index (χ3v) is 7.14. The Morgan fingerprint density at radius 2 is 1.90 bits per heavy atom. The standard InChI is InChI=1S/C24H27F3N6O4S.ClH/c1-37-21-9-8-18(33-23(24(25,26)27)29-30-31-33)12-17(21)13-28-20-10-11-32(22(34)15-38(2,35)36)14-19(20)16-6-4-3-5-7-16;/h3-9,12,19-20,28H,10-11,13-15H2,1-2H3;1H/t19-,20-;/m0./s1. The van der Waals surface area contributed by atoms with Crippen LogP contribution in [0.3, 0.4) is 0 Å². The van der Waals surface area contributed by atoms with E-state index in [4.69, 9.17) is 4.74 Å². The monoisotopic (exact) mass is 588 g/mol. The molecule has 2 heterocycles. The number of hydrogen-bond acceptors (Lipinski definition) is 8. The van der Waals surface area contributed by atoms with Gasteiger partial charge in [-0.15, -0.1) is 17.5 Å². The number of carbonyl (C=O) groups excluding carboxylic acids is 1. The molecule has 0 saturated carbocycles. The maximum atomic E-state index is 13.3. The topological polar surface area (TPSA) is 119 Å². The summed E-state index contributed by atoms with van der Waals surface area (Å²) in [6.45, 7) is 0.949. The van der Waals surface area contributed by atoms with Crippen molar-refractivity contribution < 1.29 is 31.1 Å². The second-order valence-electron chi connectivity index (χ2n) is 9.11. The molecule has 0 spiro atoms. The van der Waals surface area contributed by atoms with E-state index in [2.05, 4.69) is 20.8 Å². The van der Waals surface area contributed by atoms with Gasteiger partial charge in [-0.1, -0.05) is 30.3 Å². The van der Waals surface area contributed by atoms with Gasteiger partial charge in [-0.3, -0.25) is 4.79 Å². The maximum absolute atomic E-state index is 13.3. The number of hydrogen-bond donors (Lipinski definition) is 1. The first kappa shape index (κ1) is 30.3. The summed E-state index contributed by atoms with van der Waals surface area (Å²) in [5.41, 5.74) is 1.70. The number of sulfone groups is 1. The van der Waals surface area contributed by atoms with E-state index in [0.717, 1.165) is 11.8 Å². The highest BCUT2D eigenvalue weighted by atomic mass is 35.5. The zero-order valence-electron chi connectivity index (χ0n) is 21.1. The Morgan fingerprint density at radius 3 is 2.54 bits per heavy atom. The lowest BCUT2D eigenvalue weighted by molar-refractivity contribution is -0.146. The molecular formula is C24H28ClF3N6O4S. The average Bonchev–Trinajstić information content (AvgIpc) is 3.38. The number of nitrogens with one attached hydrogen (secondary N) is 1. The van der Waals surface area contributed by atoms with Gasteiger partial charge < -0.3 is 15.0 Å². The quantitative estimate of drug-likeness (QED) is 0.427. The van der Waals surface area contributed by atoms with Crippen molar-refractivity contribution in [2.75, 3.05) is 32.2 Å². The predicted molar refractivity (Wildman–Crippen MR) is 139 cm³/mol. The number of aromatic nitrogens is 4. The Balaban J connectivity index is 0.00000420. The lowest BCUT2D eigenvalue weighted by atomic mass is 9.85. The minimum Gasteiger partial charge on any atom is -0.496 e. The van der Waals surface area contributed by atoms with Gasteiger partial charge in [0, 0.05) is 43.4 Å². The average molecular weight is 589 g/mol. The second-order valence-corrected chi connectivity index (χ2v) is 11.3. The van der Waals surface area contributed by atoms with Crippen molar-refractivity contribution in [2.24, 2.45) is 0 Å². The minimum atomic E-state index is -4.73. The molecule has 1 saturated heterocycles. The molecule has 1 aliphatic rings. The summed E-state index contributed by atoms with van der Waals surface area (Å²) in [6.07, 6.45) is -3.15. The molecule has 1 fully saturated rings. The number of ether oxygens (including phenoxy) is 1. The van der Waals surface area contributed by atoms with Crippen LogP contribution in [0, 0.1) is 0 Å². The molecule has 0 unspecified atom stereocenters. The van der Waals surface area contributed by atoms with Gasteiger partial charge in [0.2, 0.25) is 5.91 Å². The largest absolute Gasteiger partial charge is 0.496 e. The zero-order valence-corrected chi connectivity index (χ0v) is 22.8. The second kappa shape index (κ2) is 12.3. The van der Waals surface area contributed by atoms with Crippen LogP contribution in [0.4, 0.5) is 13.2 Å². The molecular weight excluding hydrogens is 561 g/mol. The molecule has 3 aromatic rings. The van der Waals surface area contributed by atoms with Gasteiger partial charge in [-0.2, -0.15) is 17.9 Å². The molecule has 10 nitrogen and oxygen atoms in total. The van der Waals surface area contributed by atoms with Gasteiger partial charge in [-0.25, -0.2) is 8.42 Å². The van der Waals surface area contributed by atoms with Crippen molar-refractivity contribution in [3.8, 4) is 11.4 Å². The first-order valence-corrected chi connectivity index (χ1v) is 13.8. The molecule has 212 valence electrons. The van der Waals surface area contributed by atoms with Crippen LogP contribution in [-0.4, -0.2) is 77.7 Å². The highest BCUT2D eigenvalue weighted by molar-refractivity contribution is 7.91. The van der Waals surface area contributed by atoms with Crippen molar-refractivity contribution >= 4 is 28.2 Å². The van der Waals surface area contributed by atoms with Crippen molar-refractivity contribution in [2.45, 2.75) is 31.1 Å². The van der Waals surface area contributed by atoms with Crippen LogP contribution >= 0.6 is 12.4 Å². The van der Waals surface area contributed by atoms with E-state index in [1.54, 1.807) is 11.0 Å². The molecule has 1 amide bonds. The fraction of sp³-hybridized carbons (Fsp3) is 0.417. The van der Waals surface area contributed by atoms with E-state index in [0.29, 0.717) is 35.5 Å². The number of halogens is 4. The van der Waals surface area contributed by atoms with E-state index >= 15 is 0 Å². The number of amides is 1. The van der Waals surface area contributed by atoms with Crippen molar-refractivity contribution in [3.05, 3.63) is 65.5 Å². The van der Waals surface area contributed by atoms with Crippen LogP contribution in [-0.2, 0) is 27.4 Å². The number of nitrogens with zero attached hydrogens (tertiary/aromatic N) is 5. The van der Waals surface area contributed by atoms with E-state index in [9.17, 15) is 26.4 Å². The van der Waals surface area contributed by atoms with Crippen LogP contribution in [0.2, 0.25) is 0 Å². The maximum Gasteiger partial charge on any atom is 0.453 e. The summed E-state index contributed by atoms with van der Waals surface area (Å²) in [4.78, 5) is 14.2. The van der Waals surface area contributed by atoms with Crippen molar-refractivity contribution in [1.29, 1.82) is 0 Å². The van der Waals surface area contributed by atoms with E-state index in [-0.39, 0.29) is 36.6 Å². The molecule has 1 N–H and O–H groups in total. The highest BCUT2D eigenvalue weighted by Crippen LogP contribution is 2.31. The molecule has 15 heteroatoms. The molecule has 0 bridgehead atoms. The fourth-order valence-corrected chi connectivity index (χ4v) is 5.22. The molecule has 2 aromatic carbocycles. The van der Waals surface area contributed by atoms with Gasteiger partial charge in [0.15, 0.2) is 9.84 Å². The number of tetrazole rings is 1. The Morgan fingerprint density at radius 1 is 1.18 bits per heavy atom. The van der Waals surface area contributed by atoms with Gasteiger partial charge in [-0.05, 0) is 40.6 Å². The number of alkyl halides is 3. The van der Waals surface area contributed by atoms with Crippen LogP contribution in [0.25, 0.3) is 5.69 Å². The van der Waals surface area contributed by atoms with Gasteiger partial charge in [0.25, 0.3) is 5.82 Å². The highest BCUT2D eigenvalue weighted by Gasteiger charge is 2.38. The molecule has 0 aliphatic carbocycles. The minimum absolute atomic E-state index is 0. The fourth-order valence-electron chi connectivity index (χ4n) is 4.59. The van der Waals surface area contributed by atoms with Crippen LogP contribution in [0.1, 0.15) is 29.3 Å². The number of rotatable bonds is 8. The smallest absolute Gasteiger partial charge is 0.453 e. The molecule has 0 radical (unpaired) electrons. The van der Waals surface area contributed by atoms with E-state index in [1.807, 2.05) is 30.3 Å². The third kappa shape index (κ3) is 7.46. The Kier molecular flexibility index (Phi) is 9.56. The van der Waals surface area contributed by atoms with E-state index in [1.165, 1.54) is 19.2 Å². The van der Waals surface area contributed by atoms with E-state index < -0.39 is 33.5 Å². The molecule has 1 aliphatic heterocycles. The SMILES string of the molecule is COc1ccc(-n2nnnc2C(F)(F)F)cc1CN[C@H]1CCN(C(=O)CS(C)(=O)=O)C[C@H]1c1ccccc1.Cl. The predicted octanol–water partition coefficient (Wildman–Crippen LogP) is 2.63. The third-order valence-electron chi connectivity index (χ3n) is 6.37.